The van der Waals surface area contributed by atoms with Gasteiger partial charge in [0.25, 0.3) is 0 Å². The van der Waals surface area contributed by atoms with Gasteiger partial charge in [-0.25, -0.2) is 4.79 Å². The number of hydrogen-bond acceptors (Lipinski definition) is 4. The van der Waals surface area contributed by atoms with E-state index >= 15 is 0 Å². The molecule has 3 aromatic rings. The summed E-state index contributed by atoms with van der Waals surface area (Å²) in [4.78, 5) is 19.1. The Hall–Kier alpha value is -2.11. The van der Waals surface area contributed by atoms with Crippen molar-refractivity contribution < 1.29 is 4.42 Å². The van der Waals surface area contributed by atoms with Gasteiger partial charge in [0.1, 0.15) is 0 Å². The fourth-order valence-corrected chi connectivity index (χ4v) is 3.63. The standard InChI is InChI=1S/C18H18ClN3O2/c19-13-6-7-17-16(10-13)22(18(23)24-17)15-5-3-9-21(12-15)11-14-4-1-2-8-20-14/h1-2,4,6-8,10,15H,3,5,9,11-12H2/t15-/m0/s1. The van der Waals surface area contributed by atoms with Crippen LogP contribution in [0.3, 0.4) is 0 Å². The Morgan fingerprint density at radius 1 is 1.29 bits per heavy atom. The van der Waals surface area contributed by atoms with Crippen LogP contribution >= 0.6 is 11.6 Å². The van der Waals surface area contributed by atoms with Crippen molar-refractivity contribution in [3.05, 3.63) is 63.9 Å². The highest BCUT2D eigenvalue weighted by molar-refractivity contribution is 6.31. The average molecular weight is 344 g/mol. The maximum absolute atomic E-state index is 12.3. The van der Waals surface area contributed by atoms with Gasteiger partial charge in [-0.2, -0.15) is 0 Å². The molecule has 0 N–H and O–H groups in total. The van der Waals surface area contributed by atoms with Crippen LogP contribution in [0.25, 0.3) is 11.1 Å². The third-order valence-electron chi connectivity index (χ3n) is 4.53. The molecule has 2 aromatic heterocycles. The maximum atomic E-state index is 12.3. The number of rotatable bonds is 3. The van der Waals surface area contributed by atoms with E-state index in [0.717, 1.165) is 43.7 Å². The second-order valence-corrected chi connectivity index (χ2v) is 6.64. The van der Waals surface area contributed by atoms with Gasteiger partial charge in [0, 0.05) is 24.3 Å². The summed E-state index contributed by atoms with van der Waals surface area (Å²) in [7, 11) is 0. The molecule has 1 aliphatic heterocycles. The minimum absolute atomic E-state index is 0.0923. The van der Waals surface area contributed by atoms with Gasteiger partial charge in [0.05, 0.1) is 17.3 Å². The Bertz CT molecular complexity index is 904. The first-order valence-corrected chi connectivity index (χ1v) is 8.51. The van der Waals surface area contributed by atoms with Crippen LogP contribution in [0.5, 0.6) is 0 Å². The number of pyridine rings is 1. The van der Waals surface area contributed by atoms with Crippen molar-refractivity contribution in [3.63, 3.8) is 0 Å². The van der Waals surface area contributed by atoms with E-state index in [-0.39, 0.29) is 11.8 Å². The normalized spacial score (nSPS) is 19.0. The Labute approximate surface area is 144 Å². The lowest BCUT2D eigenvalue weighted by Crippen LogP contribution is -2.38. The van der Waals surface area contributed by atoms with E-state index in [2.05, 4.69) is 9.88 Å². The van der Waals surface area contributed by atoms with Gasteiger partial charge in [-0.05, 0) is 49.7 Å². The third kappa shape index (κ3) is 2.97. The molecule has 1 aliphatic rings. The molecule has 0 bridgehead atoms. The molecular weight excluding hydrogens is 326 g/mol. The largest absolute Gasteiger partial charge is 0.420 e. The number of halogens is 1. The molecule has 1 fully saturated rings. The van der Waals surface area contributed by atoms with Gasteiger partial charge >= 0.3 is 5.76 Å². The van der Waals surface area contributed by atoms with Crippen molar-refractivity contribution in [1.29, 1.82) is 0 Å². The minimum atomic E-state index is -0.308. The highest BCUT2D eigenvalue weighted by Gasteiger charge is 2.25. The number of nitrogens with zero attached hydrogens (tertiary/aromatic N) is 3. The predicted octanol–water partition coefficient (Wildman–Crippen LogP) is 3.48. The molecule has 0 saturated carbocycles. The van der Waals surface area contributed by atoms with E-state index in [9.17, 15) is 4.79 Å². The number of hydrogen-bond donors (Lipinski definition) is 0. The monoisotopic (exact) mass is 343 g/mol. The quantitative estimate of drug-likeness (QED) is 0.730. The summed E-state index contributed by atoms with van der Waals surface area (Å²) in [6, 6.07) is 11.3. The summed E-state index contributed by atoms with van der Waals surface area (Å²) >= 11 is 6.10. The fourth-order valence-electron chi connectivity index (χ4n) is 3.46. The lowest BCUT2D eigenvalue weighted by atomic mass is 10.0. The molecule has 1 saturated heterocycles. The zero-order chi connectivity index (χ0) is 16.5. The van der Waals surface area contributed by atoms with Gasteiger partial charge in [0.15, 0.2) is 5.58 Å². The van der Waals surface area contributed by atoms with E-state index in [1.54, 1.807) is 22.8 Å². The van der Waals surface area contributed by atoms with Crippen LogP contribution in [0.4, 0.5) is 0 Å². The average Bonchev–Trinajstić information content (AvgIpc) is 2.91. The summed E-state index contributed by atoms with van der Waals surface area (Å²) in [6.45, 7) is 2.61. The van der Waals surface area contributed by atoms with Crippen molar-refractivity contribution in [2.24, 2.45) is 0 Å². The molecule has 0 spiro atoms. The van der Waals surface area contributed by atoms with Crippen LogP contribution in [-0.2, 0) is 6.54 Å². The van der Waals surface area contributed by atoms with Gasteiger partial charge in [-0.15, -0.1) is 0 Å². The SMILES string of the molecule is O=c1oc2ccc(Cl)cc2n1[C@H]1CCCN(Cc2ccccn2)C1. The van der Waals surface area contributed by atoms with Crippen molar-refractivity contribution in [1.82, 2.24) is 14.5 Å². The molecule has 0 radical (unpaired) electrons. The van der Waals surface area contributed by atoms with Crippen molar-refractivity contribution in [2.75, 3.05) is 13.1 Å². The molecule has 5 nitrogen and oxygen atoms in total. The Balaban J connectivity index is 1.61. The van der Waals surface area contributed by atoms with E-state index in [4.69, 9.17) is 16.0 Å². The summed E-state index contributed by atoms with van der Waals surface area (Å²) in [5.41, 5.74) is 2.41. The summed E-state index contributed by atoms with van der Waals surface area (Å²) < 4.78 is 7.13. The Morgan fingerprint density at radius 2 is 2.21 bits per heavy atom. The van der Waals surface area contributed by atoms with E-state index in [1.165, 1.54) is 0 Å². The van der Waals surface area contributed by atoms with Crippen LogP contribution in [0.1, 0.15) is 24.6 Å². The molecule has 24 heavy (non-hydrogen) atoms. The zero-order valence-electron chi connectivity index (χ0n) is 13.2. The molecule has 4 rings (SSSR count). The third-order valence-corrected chi connectivity index (χ3v) is 4.77. The number of likely N-dealkylation sites (tertiary alicyclic amines) is 1. The number of benzene rings is 1. The minimum Gasteiger partial charge on any atom is -0.408 e. The van der Waals surface area contributed by atoms with Crippen molar-refractivity contribution in [3.8, 4) is 0 Å². The Kier molecular flexibility index (Phi) is 4.12. The van der Waals surface area contributed by atoms with Crippen LogP contribution in [-0.4, -0.2) is 27.5 Å². The van der Waals surface area contributed by atoms with E-state index < -0.39 is 0 Å². The second-order valence-electron chi connectivity index (χ2n) is 6.20. The second kappa shape index (κ2) is 6.42. The first kappa shape index (κ1) is 15.4. The van der Waals surface area contributed by atoms with Crippen molar-refractivity contribution in [2.45, 2.75) is 25.4 Å². The lowest BCUT2D eigenvalue weighted by molar-refractivity contribution is 0.166. The predicted molar refractivity (Wildman–Crippen MR) is 93.3 cm³/mol. The van der Waals surface area contributed by atoms with Gasteiger partial charge in [0.2, 0.25) is 0 Å². The molecule has 1 aromatic carbocycles. The molecular formula is C18H18ClN3O2. The van der Waals surface area contributed by atoms with Crippen LogP contribution in [0.2, 0.25) is 5.02 Å². The molecule has 6 heteroatoms. The molecule has 0 amide bonds. The highest BCUT2D eigenvalue weighted by Crippen LogP contribution is 2.27. The molecule has 1 atom stereocenters. The fraction of sp³-hybridized carbons (Fsp3) is 0.333. The molecule has 124 valence electrons. The Morgan fingerprint density at radius 3 is 3.04 bits per heavy atom. The maximum Gasteiger partial charge on any atom is 0.420 e. The first-order chi connectivity index (χ1) is 11.7. The molecule has 0 unspecified atom stereocenters. The number of piperidine rings is 1. The lowest BCUT2D eigenvalue weighted by Gasteiger charge is -2.32. The van der Waals surface area contributed by atoms with Gasteiger partial charge < -0.3 is 4.42 Å². The topological polar surface area (TPSA) is 51.3 Å². The number of fused-ring (bicyclic) bond motifs is 1. The zero-order valence-corrected chi connectivity index (χ0v) is 13.9. The number of aromatic nitrogens is 2. The van der Waals surface area contributed by atoms with E-state index in [0.29, 0.717) is 10.6 Å². The molecule has 0 aliphatic carbocycles. The molecule has 3 heterocycles. The first-order valence-electron chi connectivity index (χ1n) is 8.13. The van der Waals surface area contributed by atoms with Gasteiger partial charge in [-0.3, -0.25) is 14.5 Å². The van der Waals surface area contributed by atoms with Crippen LogP contribution < -0.4 is 5.76 Å². The highest BCUT2D eigenvalue weighted by atomic mass is 35.5. The van der Waals surface area contributed by atoms with E-state index in [1.807, 2.05) is 24.4 Å². The smallest absolute Gasteiger partial charge is 0.408 e. The number of oxazole rings is 1. The van der Waals surface area contributed by atoms with Crippen LogP contribution in [0, 0.1) is 0 Å². The summed E-state index contributed by atoms with van der Waals surface area (Å²) in [6.07, 6.45) is 3.81. The summed E-state index contributed by atoms with van der Waals surface area (Å²) in [5.74, 6) is -0.308. The van der Waals surface area contributed by atoms with Gasteiger partial charge in [-0.1, -0.05) is 17.7 Å². The summed E-state index contributed by atoms with van der Waals surface area (Å²) in [5, 5.41) is 0.609. The van der Waals surface area contributed by atoms with Crippen molar-refractivity contribution >= 4 is 22.7 Å². The van der Waals surface area contributed by atoms with Crippen LogP contribution in [0.15, 0.2) is 51.8 Å².